The number of amides is 1. The van der Waals surface area contributed by atoms with E-state index in [4.69, 9.17) is 0 Å². The molecule has 6 nitrogen and oxygen atoms in total. The highest BCUT2D eigenvalue weighted by molar-refractivity contribution is 14.0. The topological polar surface area (TPSA) is 51.2 Å². The number of hydrogen-bond donors (Lipinski definition) is 1. The summed E-state index contributed by atoms with van der Waals surface area (Å²) in [6.07, 6.45) is 1.16. The minimum Gasteiger partial charge on any atom is -0.368 e. The molecular weight excluding hydrogens is 465 g/mol. The molecule has 156 valence electrons. The Hall–Kier alpha value is -1.51. The largest absolute Gasteiger partial charge is 0.368 e. The fraction of sp³-hybridized carbons (Fsp3) is 0.619. The van der Waals surface area contributed by atoms with Gasteiger partial charge in [0.05, 0.1) is 0 Å². The maximum atomic E-state index is 12.6. The third-order valence-electron chi connectivity index (χ3n) is 5.43. The summed E-state index contributed by atoms with van der Waals surface area (Å²) in [5, 5.41) is 3.35. The predicted molar refractivity (Wildman–Crippen MR) is 127 cm³/mol. The van der Waals surface area contributed by atoms with Crippen LogP contribution in [0.25, 0.3) is 0 Å². The van der Waals surface area contributed by atoms with Crippen LogP contribution in [0.15, 0.2) is 35.3 Å². The number of anilines is 1. The van der Waals surface area contributed by atoms with Gasteiger partial charge in [-0.25, -0.2) is 4.99 Å². The number of carbonyl (C=O) groups is 1. The average molecular weight is 499 g/mol. The van der Waals surface area contributed by atoms with E-state index >= 15 is 0 Å². The fourth-order valence-corrected chi connectivity index (χ4v) is 3.81. The molecule has 0 bridgehead atoms. The zero-order valence-electron chi connectivity index (χ0n) is 17.4. The quantitative estimate of drug-likeness (QED) is 0.393. The van der Waals surface area contributed by atoms with Crippen LogP contribution >= 0.6 is 24.0 Å². The van der Waals surface area contributed by atoms with Gasteiger partial charge in [0.1, 0.15) is 6.54 Å². The minimum atomic E-state index is 0. The molecule has 2 fully saturated rings. The van der Waals surface area contributed by atoms with Gasteiger partial charge in [-0.05, 0) is 30.9 Å². The molecule has 0 aliphatic carbocycles. The zero-order chi connectivity index (χ0) is 19.3. The van der Waals surface area contributed by atoms with Crippen molar-refractivity contribution in [3.8, 4) is 0 Å². The van der Waals surface area contributed by atoms with Crippen molar-refractivity contribution in [2.24, 2.45) is 10.4 Å². The van der Waals surface area contributed by atoms with E-state index in [0.717, 1.165) is 58.2 Å². The molecule has 0 saturated carbocycles. The van der Waals surface area contributed by atoms with Crippen LogP contribution in [-0.2, 0) is 4.79 Å². The van der Waals surface area contributed by atoms with Gasteiger partial charge in [0.25, 0.3) is 0 Å². The first-order valence-corrected chi connectivity index (χ1v) is 10.1. The van der Waals surface area contributed by atoms with Gasteiger partial charge in [-0.3, -0.25) is 4.79 Å². The zero-order valence-corrected chi connectivity index (χ0v) is 19.7. The first-order valence-electron chi connectivity index (χ1n) is 10.1. The van der Waals surface area contributed by atoms with Crippen LogP contribution in [0.1, 0.15) is 27.2 Å². The van der Waals surface area contributed by atoms with Gasteiger partial charge in [0.2, 0.25) is 5.91 Å². The Balaban J connectivity index is 0.00000280. The number of guanidine groups is 1. The lowest BCUT2D eigenvalue weighted by Gasteiger charge is -2.36. The van der Waals surface area contributed by atoms with Crippen molar-refractivity contribution in [1.82, 2.24) is 15.1 Å². The number of piperazine rings is 1. The lowest BCUT2D eigenvalue weighted by Crippen LogP contribution is -2.49. The lowest BCUT2D eigenvalue weighted by atomic mass is 9.93. The molecule has 0 atom stereocenters. The van der Waals surface area contributed by atoms with Crippen LogP contribution in [0.2, 0.25) is 0 Å². The van der Waals surface area contributed by atoms with Crippen LogP contribution in [0.5, 0.6) is 0 Å². The molecule has 0 aromatic heterocycles. The van der Waals surface area contributed by atoms with Crippen LogP contribution < -0.4 is 10.2 Å². The Bertz CT molecular complexity index is 656. The summed E-state index contributed by atoms with van der Waals surface area (Å²) in [5.74, 6) is 0.996. The highest BCUT2D eigenvalue weighted by atomic mass is 127. The second kappa shape index (κ2) is 10.3. The second-order valence-corrected chi connectivity index (χ2v) is 8.21. The van der Waals surface area contributed by atoms with Gasteiger partial charge in [0.15, 0.2) is 5.96 Å². The number of benzene rings is 1. The van der Waals surface area contributed by atoms with Gasteiger partial charge < -0.3 is 20.0 Å². The van der Waals surface area contributed by atoms with Gasteiger partial charge >= 0.3 is 0 Å². The fourth-order valence-electron chi connectivity index (χ4n) is 3.81. The Morgan fingerprint density at radius 3 is 2.32 bits per heavy atom. The van der Waals surface area contributed by atoms with Crippen LogP contribution in [0.4, 0.5) is 5.69 Å². The average Bonchev–Trinajstić information content (AvgIpc) is 3.05. The molecule has 2 saturated heterocycles. The van der Waals surface area contributed by atoms with Crippen LogP contribution in [0, 0.1) is 5.41 Å². The molecule has 2 aliphatic heterocycles. The Morgan fingerprint density at radius 2 is 1.75 bits per heavy atom. The van der Waals surface area contributed by atoms with Gasteiger partial charge in [0, 0.05) is 51.5 Å². The molecule has 7 heteroatoms. The molecular formula is C21H34IN5O. The van der Waals surface area contributed by atoms with Crippen molar-refractivity contribution < 1.29 is 4.79 Å². The third-order valence-corrected chi connectivity index (χ3v) is 5.43. The molecule has 0 spiro atoms. The summed E-state index contributed by atoms with van der Waals surface area (Å²) in [6.45, 7) is 13.0. The molecule has 1 N–H and O–H groups in total. The number of para-hydroxylation sites is 1. The number of aliphatic imine (C=N–C) groups is 1. The summed E-state index contributed by atoms with van der Waals surface area (Å²) in [4.78, 5) is 23.8. The highest BCUT2D eigenvalue weighted by Crippen LogP contribution is 2.28. The van der Waals surface area contributed by atoms with Crippen molar-refractivity contribution >= 4 is 41.5 Å². The maximum Gasteiger partial charge on any atom is 0.244 e. The first-order chi connectivity index (χ1) is 13.0. The molecule has 2 heterocycles. The molecule has 28 heavy (non-hydrogen) atoms. The molecule has 0 unspecified atom stereocenters. The van der Waals surface area contributed by atoms with Crippen molar-refractivity contribution in [2.75, 3.05) is 57.3 Å². The highest BCUT2D eigenvalue weighted by Gasteiger charge is 2.31. The summed E-state index contributed by atoms with van der Waals surface area (Å²) in [5.41, 5.74) is 1.54. The van der Waals surface area contributed by atoms with E-state index in [1.807, 2.05) is 11.0 Å². The van der Waals surface area contributed by atoms with Crippen molar-refractivity contribution in [3.63, 3.8) is 0 Å². The van der Waals surface area contributed by atoms with Crippen molar-refractivity contribution in [2.45, 2.75) is 27.2 Å². The molecule has 3 rings (SSSR count). The Kier molecular flexibility index (Phi) is 8.39. The van der Waals surface area contributed by atoms with Crippen molar-refractivity contribution in [3.05, 3.63) is 30.3 Å². The Morgan fingerprint density at radius 1 is 1.07 bits per heavy atom. The van der Waals surface area contributed by atoms with Gasteiger partial charge in [-0.15, -0.1) is 24.0 Å². The minimum absolute atomic E-state index is 0. The maximum absolute atomic E-state index is 12.6. The standard InChI is InChI=1S/C21H33N5O.HI/c1-4-22-20(26-11-10-21(2,3)17-26)23-16-19(27)25-14-12-24(13-15-25)18-8-6-5-7-9-18;/h5-9H,4,10-17H2,1-3H3,(H,22,23);1H. The smallest absolute Gasteiger partial charge is 0.244 e. The monoisotopic (exact) mass is 499 g/mol. The van der Waals surface area contributed by atoms with E-state index in [1.165, 1.54) is 5.69 Å². The third kappa shape index (κ3) is 5.99. The predicted octanol–water partition coefficient (Wildman–Crippen LogP) is 2.65. The number of halogens is 1. The molecule has 1 aromatic rings. The van der Waals surface area contributed by atoms with Gasteiger partial charge in [-0.1, -0.05) is 32.0 Å². The lowest BCUT2D eigenvalue weighted by molar-refractivity contribution is -0.129. The van der Waals surface area contributed by atoms with Crippen LogP contribution in [-0.4, -0.2) is 74.0 Å². The van der Waals surface area contributed by atoms with E-state index in [2.05, 4.69) is 65.1 Å². The molecule has 2 aliphatic rings. The first kappa shape index (κ1) is 22.8. The number of hydrogen-bond acceptors (Lipinski definition) is 3. The number of nitrogens with zero attached hydrogens (tertiary/aromatic N) is 4. The molecule has 0 radical (unpaired) electrons. The number of nitrogens with one attached hydrogen (secondary N) is 1. The normalized spacial score (nSPS) is 19.4. The van der Waals surface area contributed by atoms with Crippen molar-refractivity contribution in [1.29, 1.82) is 0 Å². The molecule has 1 amide bonds. The SMILES string of the molecule is CCNC(=NCC(=O)N1CCN(c2ccccc2)CC1)N1CCC(C)(C)C1.I. The second-order valence-electron chi connectivity index (χ2n) is 8.21. The Labute approximate surface area is 186 Å². The van der Waals surface area contributed by atoms with E-state index in [-0.39, 0.29) is 36.4 Å². The van der Waals surface area contributed by atoms with E-state index in [0.29, 0.717) is 5.41 Å². The van der Waals surface area contributed by atoms with Gasteiger partial charge in [-0.2, -0.15) is 0 Å². The summed E-state index contributed by atoms with van der Waals surface area (Å²) in [6, 6.07) is 10.4. The number of likely N-dealkylation sites (tertiary alicyclic amines) is 1. The number of rotatable bonds is 4. The molecule has 1 aromatic carbocycles. The van der Waals surface area contributed by atoms with Crippen LogP contribution in [0.3, 0.4) is 0 Å². The number of carbonyl (C=O) groups excluding carboxylic acids is 1. The summed E-state index contributed by atoms with van der Waals surface area (Å²) >= 11 is 0. The van der Waals surface area contributed by atoms with E-state index < -0.39 is 0 Å². The van der Waals surface area contributed by atoms with E-state index in [1.54, 1.807) is 0 Å². The summed E-state index contributed by atoms with van der Waals surface area (Å²) in [7, 11) is 0. The van der Waals surface area contributed by atoms with E-state index in [9.17, 15) is 4.79 Å². The summed E-state index contributed by atoms with van der Waals surface area (Å²) < 4.78 is 0.